The van der Waals surface area contributed by atoms with Gasteiger partial charge >= 0.3 is 0 Å². The van der Waals surface area contributed by atoms with Crippen LogP contribution < -0.4 is 0 Å². The van der Waals surface area contributed by atoms with E-state index >= 15 is 0 Å². The molecule has 126 valence electrons. The summed E-state index contributed by atoms with van der Waals surface area (Å²) in [5.74, 6) is 1.17. The number of carbonyl (C=O) groups is 2. The summed E-state index contributed by atoms with van der Waals surface area (Å²) in [6, 6.07) is 3.67. The molecule has 2 aromatic heterocycles. The molecule has 1 atom stereocenters. The molecule has 2 fully saturated rings. The minimum atomic E-state index is 0.0748. The maximum Gasteiger partial charge on any atom is 0.255 e. The number of likely N-dealkylation sites (tertiary alicyclic amines) is 2. The molecule has 4 rings (SSSR count). The van der Waals surface area contributed by atoms with E-state index in [9.17, 15) is 9.59 Å². The van der Waals surface area contributed by atoms with E-state index < -0.39 is 0 Å². The average Bonchev–Trinajstić information content (AvgIpc) is 3.31. The Morgan fingerprint density at radius 1 is 1.08 bits per heavy atom. The summed E-state index contributed by atoms with van der Waals surface area (Å²) in [5.41, 5.74) is 1.41. The summed E-state index contributed by atoms with van der Waals surface area (Å²) in [5, 5.41) is 8.53. The average molecular weight is 327 g/mol. The Bertz CT molecular complexity index is 793. The zero-order valence-corrected chi connectivity index (χ0v) is 13.8. The highest BCUT2D eigenvalue weighted by atomic mass is 16.2. The van der Waals surface area contributed by atoms with Crippen LogP contribution in [-0.2, 0) is 4.79 Å². The molecular weight excluding hydrogens is 306 g/mol. The number of nitrogens with zero attached hydrogens (tertiary/aromatic N) is 5. The summed E-state index contributed by atoms with van der Waals surface area (Å²) >= 11 is 0. The van der Waals surface area contributed by atoms with Crippen LogP contribution >= 0.6 is 0 Å². The Kier molecular flexibility index (Phi) is 3.70. The number of amides is 2. The third-order valence-electron chi connectivity index (χ3n) is 5.07. The van der Waals surface area contributed by atoms with Crippen molar-refractivity contribution in [3.63, 3.8) is 0 Å². The Hall–Kier alpha value is -2.44. The normalized spacial score (nSPS) is 21.0. The van der Waals surface area contributed by atoms with Crippen molar-refractivity contribution < 1.29 is 9.59 Å². The number of carbonyl (C=O) groups excluding carboxylic acids is 2. The second-order valence-electron chi connectivity index (χ2n) is 6.65. The minimum Gasteiger partial charge on any atom is -0.342 e. The first-order valence-electron chi connectivity index (χ1n) is 8.53. The zero-order chi connectivity index (χ0) is 16.7. The molecule has 0 aromatic carbocycles. The zero-order valence-electron chi connectivity index (χ0n) is 13.8. The first kappa shape index (κ1) is 15.1. The standard InChI is InChI=1S/C17H21N5O2/c1-12(23)21-9-6-13(10-21)16-19-18-15-5-4-14(11-22(15)16)17(24)20-7-2-3-8-20/h4-5,11,13H,2-3,6-10H2,1H3. The number of fused-ring (bicyclic) bond motifs is 1. The van der Waals surface area contributed by atoms with E-state index in [1.165, 1.54) is 0 Å². The van der Waals surface area contributed by atoms with Gasteiger partial charge in [0.2, 0.25) is 5.91 Å². The highest BCUT2D eigenvalue weighted by molar-refractivity contribution is 5.94. The lowest BCUT2D eigenvalue weighted by Gasteiger charge is -2.16. The van der Waals surface area contributed by atoms with Gasteiger partial charge in [0.15, 0.2) is 5.65 Å². The van der Waals surface area contributed by atoms with Gasteiger partial charge in [-0.1, -0.05) is 0 Å². The number of pyridine rings is 1. The second-order valence-corrected chi connectivity index (χ2v) is 6.65. The van der Waals surface area contributed by atoms with Crippen molar-refractivity contribution in [2.45, 2.75) is 32.1 Å². The molecule has 2 saturated heterocycles. The lowest BCUT2D eigenvalue weighted by Crippen LogP contribution is -2.28. The number of hydrogen-bond acceptors (Lipinski definition) is 4. The Labute approximate surface area is 140 Å². The van der Waals surface area contributed by atoms with E-state index in [0.29, 0.717) is 12.1 Å². The third kappa shape index (κ3) is 2.53. The maximum atomic E-state index is 12.6. The van der Waals surface area contributed by atoms with Crippen LogP contribution in [0.3, 0.4) is 0 Å². The van der Waals surface area contributed by atoms with Crippen LogP contribution in [-0.4, -0.2) is 62.4 Å². The molecule has 0 radical (unpaired) electrons. The molecule has 4 heterocycles. The molecule has 2 aliphatic rings. The molecule has 0 spiro atoms. The summed E-state index contributed by atoms with van der Waals surface area (Å²) in [7, 11) is 0. The molecule has 1 unspecified atom stereocenters. The van der Waals surface area contributed by atoms with Gasteiger partial charge in [-0.15, -0.1) is 10.2 Å². The van der Waals surface area contributed by atoms with Gasteiger partial charge < -0.3 is 9.80 Å². The largest absolute Gasteiger partial charge is 0.342 e. The predicted octanol–water partition coefficient (Wildman–Crippen LogP) is 1.30. The summed E-state index contributed by atoms with van der Waals surface area (Å²) in [6.45, 7) is 4.68. The Morgan fingerprint density at radius 3 is 2.58 bits per heavy atom. The van der Waals surface area contributed by atoms with Crippen LogP contribution in [0.4, 0.5) is 0 Å². The summed E-state index contributed by atoms with van der Waals surface area (Å²) < 4.78 is 1.91. The quantitative estimate of drug-likeness (QED) is 0.833. The van der Waals surface area contributed by atoms with Crippen LogP contribution in [0, 0.1) is 0 Å². The highest BCUT2D eigenvalue weighted by Gasteiger charge is 2.29. The SMILES string of the molecule is CC(=O)N1CCC(c2nnc3ccc(C(=O)N4CCCC4)cn23)C1. The van der Waals surface area contributed by atoms with Crippen molar-refractivity contribution in [2.75, 3.05) is 26.2 Å². The molecule has 2 aliphatic heterocycles. The van der Waals surface area contributed by atoms with Crippen molar-refractivity contribution in [1.82, 2.24) is 24.4 Å². The second kappa shape index (κ2) is 5.89. The monoisotopic (exact) mass is 327 g/mol. The van der Waals surface area contributed by atoms with Crippen LogP contribution in [0.1, 0.15) is 48.3 Å². The fourth-order valence-corrected chi connectivity index (χ4v) is 3.67. The molecule has 2 aromatic rings. The lowest BCUT2D eigenvalue weighted by molar-refractivity contribution is -0.127. The van der Waals surface area contributed by atoms with Crippen molar-refractivity contribution in [2.24, 2.45) is 0 Å². The van der Waals surface area contributed by atoms with Crippen molar-refractivity contribution in [1.29, 1.82) is 0 Å². The molecule has 7 nitrogen and oxygen atoms in total. The van der Waals surface area contributed by atoms with E-state index in [1.54, 1.807) is 6.92 Å². The van der Waals surface area contributed by atoms with Crippen molar-refractivity contribution in [3.8, 4) is 0 Å². The van der Waals surface area contributed by atoms with Crippen LogP contribution in [0.25, 0.3) is 5.65 Å². The van der Waals surface area contributed by atoms with Crippen LogP contribution in [0.2, 0.25) is 0 Å². The maximum absolute atomic E-state index is 12.6. The Balaban J connectivity index is 1.64. The topological polar surface area (TPSA) is 70.8 Å². The number of aromatic nitrogens is 3. The number of hydrogen-bond donors (Lipinski definition) is 0. The predicted molar refractivity (Wildman–Crippen MR) is 87.7 cm³/mol. The van der Waals surface area contributed by atoms with Gasteiger partial charge in [0.25, 0.3) is 5.91 Å². The summed E-state index contributed by atoms with van der Waals surface area (Å²) in [4.78, 5) is 27.9. The molecule has 0 bridgehead atoms. The van der Waals surface area contributed by atoms with Gasteiger partial charge in [-0.2, -0.15) is 0 Å². The van der Waals surface area contributed by atoms with Gasteiger partial charge in [0.05, 0.1) is 5.56 Å². The van der Waals surface area contributed by atoms with Gasteiger partial charge in [-0.05, 0) is 31.4 Å². The smallest absolute Gasteiger partial charge is 0.255 e. The first-order chi connectivity index (χ1) is 11.6. The minimum absolute atomic E-state index is 0.0748. The van der Waals surface area contributed by atoms with Gasteiger partial charge in [-0.25, -0.2) is 0 Å². The molecule has 0 aliphatic carbocycles. The van der Waals surface area contributed by atoms with Crippen LogP contribution in [0.15, 0.2) is 18.3 Å². The van der Waals surface area contributed by atoms with E-state index in [1.807, 2.05) is 32.5 Å². The van der Waals surface area contributed by atoms with E-state index in [2.05, 4.69) is 10.2 Å². The highest BCUT2D eigenvalue weighted by Crippen LogP contribution is 2.26. The van der Waals surface area contributed by atoms with E-state index in [4.69, 9.17) is 0 Å². The first-order valence-corrected chi connectivity index (χ1v) is 8.53. The van der Waals surface area contributed by atoms with E-state index in [0.717, 1.165) is 50.4 Å². The molecular formula is C17H21N5O2. The molecule has 0 N–H and O–H groups in total. The molecule has 2 amide bonds. The fraction of sp³-hybridized carbons (Fsp3) is 0.529. The fourth-order valence-electron chi connectivity index (χ4n) is 3.67. The van der Waals surface area contributed by atoms with Gasteiger partial charge in [-0.3, -0.25) is 14.0 Å². The lowest BCUT2D eigenvalue weighted by atomic mass is 10.1. The van der Waals surface area contributed by atoms with Crippen molar-refractivity contribution >= 4 is 17.5 Å². The van der Waals surface area contributed by atoms with Crippen molar-refractivity contribution in [3.05, 3.63) is 29.7 Å². The summed E-state index contributed by atoms with van der Waals surface area (Å²) in [6.07, 6.45) is 4.88. The molecule has 0 saturated carbocycles. The van der Waals surface area contributed by atoms with Crippen LogP contribution in [0.5, 0.6) is 0 Å². The third-order valence-corrected chi connectivity index (χ3v) is 5.07. The van der Waals surface area contributed by atoms with Gasteiger partial charge in [0, 0.05) is 45.2 Å². The van der Waals surface area contributed by atoms with E-state index in [-0.39, 0.29) is 17.7 Å². The molecule has 7 heteroatoms. The Morgan fingerprint density at radius 2 is 1.88 bits per heavy atom. The number of rotatable bonds is 2. The van der Waals surface area contributed by atoms with Gasteiger partial charge in [0.1, 0.15) is 5.82 Å². The molecule has 24 heavy (non-hydrogen) atoms.